The number of benzene rings is 4. The standard InChI is InChI=1S/C45H32N6O9S4.C4H10.2C2H6.Mn/c46-45(61)47-29-9-1-25(2-10-29)41-33-17-19-35(48-33)42(26-3-11-30(12-4-26)62(52,53)54)37-21-23-39(50-37)44(28-7-15-32(16-8-28)64(58,59)60)40-24-22-38(51-40)43(36-20-18-34(41)49-36)27-5-13-31(14-6-27)63(55,56)57;1-3-4-2;2*1-2;/h1-24H,(H8,46,47,48,49,50,51,52,53,54,55,56,57,58,59,60,61);3-4H2,1-2H3;2*1-2H3;/q;;;;+2/p-1. The second kappa shape index (κ2) is 24.4. The van der Waals surface area contributed by atoms with Gasteiger partial charge in [0.2, 0.25) is 0 Å². The average Bonchev–Trinajstić information content (AvgIpc) is 4.22. The summed E-state index contributed by atoms with van der Waals surface area (Å²) in [6, 6.07) is 31.5. The number of unbranched alkanes of at least 4 members (excludes halogenated alkanes) is 1. The second-order valence-electron chi connectivity index (χ2n) is 15.5. The van der Waals surface area contributed by atoms with Crippen LogP contribution in [-0.4, -0.2) is 59.0 Å². The Bertz CT molecular complexity index is 3630. The number of thiocarbonyl (C=S) groups is 1. The van der Waals surface area contributed by atoms with E-state index in [0.717, 1.165) is 5.56 Å². The third-order valence-electron chi connectivity index (χ3n) is 10.9. The fourth-order valence-electron chi connectivity index (χ4n) is 7.59. The Morgan fingerprint density at radius 1 is 0.507 bits per heavy atom. The molecule has 0 spiro atoms. The first-order valence-corrected chi connectivity index (χ1v) is 27.6. The van der Waals surface area contributed by atoms with Crippen LogP contribution in [0.15, 0.2) is 136 Å². The van der Waals surface area contributed by atoms with Crippen LogP contribution in [0.25, 0.3) is 90.9 Å². The summed E-state index contributed by atoms with van der Waals surface area (Å²) >= 11 is 5.04. The van der Waals surface area contributed by atoms with E-state index in [0.29, 0.717) is 89.5 Å². The van der Waals surface area contributed by atoms with Crippen molar-refractivity contribution in [1.29, 1.82) is 0 Å². The average molecular weight is 1100 g/mol. The first kappa shape index (κ1) is 57.3. The Morgan fingerprint density at radius 2 is 0.795 bits per heavy atom. The number of hydrogen-bond acceptors (Lipinski definition) is 9. The van der Waals surface area contributed by atoms with E-state index < -0.39 is 30.4 Å². The van der Waals surface area contributed by atoms with Crippen LogP contribution in [0.5, 0.6) is 0 Å². The van der Waals surface area contributed by atoms with Crippen LogP contribution in [0.3, 0.4) is 0 Å². The van der Waals surface area contributed by atoms with Crippen molar-refractivity contribution in [2.24, 2.45) is 5.73 Å². The molecule has 8 bridgehead atoms. The molecule has 1 radical (unpaired) electrons. The number of aromatic nitrogens is 4. The largest absolute Gasteiger partial charge is 2.00 e. The first-order valence-electron chi connectivity index (χ1n) is 22.8. The molecular formula is C53H53MnN6O9S4+. The maximum Gasteiger partial charge on any atom is 2.00 e. The maximum absolute atomic E-state index is 12.0. The van der Waals surface area contributed by atoms with Gasteiger partial charge in [0.15, 0.2) is 5.11 Å². The molecule has 379 valence electrons. The summed E-state index contributed by atoms with van der Waals surface area (Å²) in [5.74, 6) is 0. The SMILES string of the molecule is CC.CC.CCCC.NC(=S)Nc1ccc(-c2c3nc(c(-c4ccc(S(=O)(=O)O)cc4)c4ccc([nH]4)c(-c4ccc(S(=O)(=O)O)cc4)c4nc(c(-c5ccc(S(=O)(=O)O)cc5)c5ccc2[n-]5)C=C4)C=C3)cc1.[Mn+2]. The zero-order valence-corrected chi connectivity index (χ0v) is 44.9. The van der Waals surface area contributed by atoms with Gasteiger partial charge in [-0.15, -0.1) is 11.0 Å². The Balaban J connectivity index is 0.00000104. The molecule has 4 aromatic carbocycles. The molecule has 2 aliphatic heterocycles. The van der Waals surface area contributed by atoms with Gasteiger partial charge in [0, 0.05) is 27.8 Å². The summed E-state index contributed by atoms with van der Waals surface area (Å²) in [7, 11) is -13.6. The monoisotopic (exact) mass is 1100 g/mol. The zero-order chi connectivity index (χ0) is 52.5. The van der Waals surface area contributed by atoms with Crippen LogP contribution in [0.4, 0.5) is 5.69 Å². The Labute approximate surface area is 441 Å². The van der Waals surface area contributed by atoms with E-state index in [1.54, 1.807) is 66.7 Å². The first-order chi connectivity index (χ1) is 34.3. The molecule has 20 heteroatoms. The molecule has 0 saturated carbocycles. The van der Waals surface area contributed by atoms with Crippen molar-refractivity contribution in [3.8, 4) is 44.5 Å². The van der Waals surface area contributed by atoms with Gasteiger partial charge >= 0.3 is 17.1 Å². The summed E-state index contributed by atoms with van der Waals surface area (Å²) in [6.45, 7) is 12.4. The maximum atomic E-state index is 12.0. The molecule has 73 heavy (non-hydrogen) atoms. The van der Waals surface area contributed by atoms with Gasteiger partial charge in [-0.2, -0.15) is 25.3 Å². The molecule has 3 aromatic heterocycles. The molecule has 0 fully saturated rings. The van der Waals surface area contributed by atoms with Crippen LogP contribution >= 0.6 is 12.2 Å². The number of nitrogens with two attached hydrogens (primary N) is 1. The van der Waals surface area contributed by atoms with Gasteiger partial charge in [0.1, 0.15) is 0 Å². The van der Waals surface area contributed by atoms with Crippen molar-refractivity contribution in [3.63, 3.8) is 0 Å². The van der Waals surface area contributed by atoms with Gasteiger partial charge in [-0.25, -0.2) is 9.97 Å². The van der Waals surface area contributed by atoms with E-state index in [2.05, 4.69) is 24.1 Å². The van der Waals surface area contributed by atoms with Gasteiger partial charge in [-0.3, -0.25) is 13.7 Å². The van der Waals surface area contributed by atoms with Gasteiger partial charge in [-0.05, 0) is 131 Å². The summed E-state index contributed by atoms with van der Waals surface area (Å²) in [4.78, 5) is 17.9. The zero-order valence-electron chi connectivity index (χ0n) is 40.5. The summed E-state index contributed by atoms with van der Waals surface area (Å²) < 4.78 is 102. The topological polar surface area (TPSA) is 257 Å². The van der Waals surface area contributed by atoms with E-state index in [-0.39, 0.29) is 36.9 Å². The summed E-state index contributed by atoms with van der Waals surface area (Å²) in [6.07, 6.45) is 9.80. The van der Waals surface area contributed by atoms with Crippen LogP contribution in [0, 0.1) is 0 Å². The quantitative estimate of drug-likeness (QED) is 0.0446. The smallest absolute Gasteiger partial charge is 0.657 e. The minimum absolute atomic E-state index is 0. The van der Waals surface area contributed by atoms with Crippen molar-refractivity contribution in [3.05, 3.63) is 144 Å². The van der Waals surface area contributed by atoms with Crippen LogP contribution in [0.1, 0.15) is 77.2 Å². The summed E-state index contributed by atoms with van der Waals surface area (Å²) in [5.41, 5.74) is 14.8. The van der Waals surface area contributed by atoms with Gasteiger partial charge in [0.25, 0.3) is 30.4 Å². The third kappa shape index (κ3) is 13.3. The number of rotatable bonds is 9. The normalized spacial score (nSPS) is 11.7. The molecular weight excluding hydrogens is 1050 g/mol. The van der Waals surface area contributed by atoms with E-state index in [1.807, 2.05) is 58.0 Å². The number of hydrogen-bond donors (Lipinski definition) is 6. The van der Waals surface area contributed by atoms with Gasteiger partial charge in [-0.1, -0.05) is 115 Å². The summed E-state index contributed by atoms with van der Waals surface area (Å²) in [5, 5.41) is 3.01. The van der Waals surface area contributed by atoms with Crippen molar-refractivity contribution in [2.45, 2.75) is 69.1 Å². The molecule has 2 aliphatic rings. The molecule has 0 saturated heterocycles. The number of fused-ring (bicyclic) bond motifs is 8. The van der Waals surface area contributed by atoms with Crippen LogP contribution in [0.2, 0.25) is 0 Å². The Kier molecular flexibility index (Phi) is 19.2. The molecule has 7 N–H and O–H groups in total. The number of H-pyrrole nitrogens is 1. The van der Waals surface area contributed by atoms with Crippen LogP contribution < -0.4 is 16.0 Å². The van der Waals surface area contributed by atoms with Crippen molar-refractivity contribution < 1.29 is 56.0 Å². The molecule has 7 aromatic rings. The van der Waals surface area contributed by atoms with E-state index in [1.165, 1.54) is 61.4 Å². The molecule has 0 atom stereocenters. The molecule has 15 nitrogen and oxygen atoms in total. The number of aromatic amines is 1. The predicted molar refractivity (Wildman–Crippen MR) is 293 cm³/mol. The van der Waals surface area contributed by atoms with Crippen LogP contribution in [-0.2, 0) is 47.4 Å². The van der Waals surface area contributed by atoms with Crippen molar-refractivity contribution >= 4 is 99.7 Å². The minimum atomic E-state index is -4.53. The molecule has 0 aliphatic carbocycles. The molecule has 0 amide bonds. The van der Waals surface area contributed by atoms with Crippen molar-refractivity contribution in [1.82, 2.24) is 19.9 Å². The second-order valence-corrected chi connectivity index (χ2v) is 20.2. The Hall–Kier alpha value is -6.58. The van der Waals surface area contributed by atoms with Gasteiger partial charge in [0.05, 0.1) is 37.5 Å². The molecule has 5 heterocycles. The number of anilines is 1. The predicted octanol–water partition coefficient (Wildman–Crippen LogP) is 12.2. The number of nitrogens with zero attached hydrogens (tertiary/aromatic N) is 3. The fourth-order valence-corrected chi connectivity index (χ4v) is 9.15. The van der Waals surface area contributed by atoms with E-state index >= 15 is 0 Å². The minimum Gasteiger partial charge on any atom is -0.657 e. The fraction of sp³-hybridized carbons (Fsp3) is 0.151. The van der Waals surface area contributed by atoms with E-state index in [9.17, 15) is 38.9 Å². The third-order valence-corrected chi connectivity index (χ3v) is 13.7. The number of nitrogens with one attached hydrogen (secondary N) is 2. The molecule has 9 rings (SSSR count). The van der Waals surface area contributed by atoms with Gasteiger partial charge < -0.3 is 21.0 Å². The van der Waals surface area contributed by atoms with E-state index in [4.69, 9.17) is 32.9 Å². The Morgan fingerprint density at radius 3 is 1.08 bits per heavy atom. The van der Waals surface area contributed by atoms with Crippen molar-refractivity contribution in [2.75, 3.05) is 5.32 Å². The molecule has 0 unspecified atom stereocenters.